The van der Waals surface area contributed by atoms with Crippen LogP contribution in [0.4, 0.5) is 8.78 Å². The second-order valence-electron chi connectivity index (χ2n) is 6.82. The Balaban J connectivity index is 1.41. The molecule has 0 N–H and O–H groups in total. The van der Waals surface area contributed by atoms with Crippen LogP contribution in [0.5, 0.6) is 5.75 Å². The minimum Gasteiger partial charge on any atom is -0.486 e. The summed E-state index contributed by atoms with van der Waals surface area (Å²) in [6, 6.07) is 6.88. The van der Waals surface area contributed by atoms with E-state index in [4.69, 9.17) is 4.74 Å². The van der Waals surface area contributed by atoms with Crippen molar-refractivity contribution in [3.63, 3.8) is 0 Å². The zero-order valence-corrected chi connectivity index (χ0v) is 14.2. The molecule has 1 saturated heterocycles. The van der Waals surface area contributed by atoms with Crippen molar-refractivity contribution in [1.29, 1.82) is 0 Å². The van der Waals surface area contributed by atoms with E-state index in [1.807, 2.05) is 6.92 Å². The van der Waals surface area contributed by atoms with E-state index in [0.717, 1.165) is 30.7 Å². The monoisotopic (exact) mass is 360 g/mol. The molecule has 26 heavy (non-hydrogen) atoms. The predicted molar refractivity (Wildman–Crippen MR) is 90.4 cm³/mol. The van der Waals surface area contributed by atoms with Crippen LogP contribution < -0.4 is 10.3 Å². The van der Waals surface area contributed by atoms with Gasteiger partial charge in [0.15, 0.2) is 0 Å². The van der Waals surface area contributed by atoms with E-state index in [1.165, 1.54) is 17.0 Å². The number of rotatable bonds is 4. The average Bonchev–Trinajstić information content (AvgIpc) is 3.34. The van der Waals surface area contributed by atoms with Crippen LogP contribution in [0.15, 0.2) is 35.1 Å². The van der Waals surface area contributed by atoms with Gasteiger partial charge in [0, 0.05) is 17.8 Å². The summed E-state index contributed by atoms with van der Waals surface area (Å²) >= 11 is 0. The number of carbonyl (C=O) groups excluding carboxylic acids is 1. The van der Waals surface area contributed by atoms with Crippen molar-refractivity contribution in [3.05, 3.63) is 63.6 Å². The number of aromatic nitrogens is 1. The Kier molecular flexibility index (Phi) is 4.01. The molecule has 1 aliphatic carbocycles. The Bertz CT molecular complexity index is 911. The Labute approximate surface area is 148 Å². The number of hydrogen-bond donors (Lipinski definition) is 0. The van der Waals surface area contributed by atoms with Crippen LogP contribution in [0.25, 0.3) is 0 Å². The molecule has 0 radical (unpaired) electrons. The first kappa shape index (κ1) is 16.8. The molecule has 1 aliphatic heterocycles. The molecule has 0 unspecified atom stereocenters. The van der Waals surface area contributed by atoms with Crippen molar-refractivity contribution < 1.29 is 18.3 Å². The van der Waals surface area contributed by atoms with E-state index in [9.17, 15) is 18.4 Å². The molecule has 2 aromatic rings. The first-order chi connectivity index (χ1) is 12.4. The van der Waals surface area contributed by atoms with Gasteiger partial charge in [-0.05, 0) is 38.0 Å². The van der Waals surface area contributed by atoms with Gasteiger partial charge in [0.1, 0.15) is 29.1 Å². The fourth-order valence-electron chi connectivity index (χ4n) is 3.28. The predicted octanol–water partition coefficient (Wildman–Crippen LogP) is 2.67. The third-order valence-corrected chi connectivity index (χ3v) is 4.76. The van der Waals surface area contributed by atoms with Gasteiger partial charge in [0.05, 0.1) is 13.1 Å². The molecule has 7 heteroatoms. The second-order valence-corrected chi connectivity index (χ2v) is 6.82. The Morgan fingerprint density at radius 2 is 1.81 bits per heavy atom. The number of pyridine rings is 1. The summed E-state index contributed by atoms with van der Waals surface area (Å²) in [5, 5.41) is 0. The molecular weight excluding hydrogens is 342 g/mol. The third kappa shape index (κ3) is 2.98. The van der Waals surface area contributed by atoms with Crippen molar-refractivity contribution in [2.45, 2.75) is 31.9 Å². The van der Waals surface area contributed by atoms with Gasteiger partial charge >= 0.3 is 0 Å². The molecule has 1 aromatic heterocycles. The van der Waals surface area contributed by atoms with Gasteiger partial charge in [0.2, 0.25) is 0 Å². The van der Waals surface area contributed by atoms with E-state index in [1.54, 1.807) is 10.6 Å². The minimum absolute atomic E-state index is 0.0943. The van der Waals surface area contributed by atoms with Crippen LogP contribution in [-0.2, 0) is 0 Å². The van der Waals surface area contributed by atoms with Crippen LogP contribution in [0.3, 0.4) is 0 Å². The molecule has 1 amide bonds. The normalized spacial score (nSPS) is 17.1. The number of amides is 1. The lowest BCUT2D eigenvalue weighted by atomic mass is 10.1. The number of halogens is 2. The number of aryl methyl sites for hydroxylation is 1. The molecule has 1 aromatic carbocycles. The van der Waals surface area contributed by atoms with Crippen LogP contribution in [0.2, 0.25) is 0 Å². The quantitative estimate of drug-likeness (QED) is 0.842. The van der Waals surface area contributed by atoms with Gasteiger partial charge in [0.25, 0.3) is 11.5 Å². The highest BCUT2D eigenvalue weighted by molar-refractivity contribution is 5.95. The zero-order valence-electron chi connectivity index (χ0n) is 14.2. The number of likely N-dealkylation sites (tertiary alicyclic amines) is 1. The maximum absolute atomic E-state index is 13.7. The molecule has 136 valence electrons. The van der Waals surface area contributed by atoms with Crippen molar-refractivity contribution in [2.24, 2.45) is 0 Å². The highest BCUT2D eigenvalue weighted by atomic mass is 19.1. The maximum atomic E-state index is 13.7. The SMILES string of the molecule is Cc1cc(OC2CN(C(=O)c3c(F)cccc3F)C2)cc(=O)n1C1CC1. The largest absolute Gasteiger partial charge is 0.486 e. The summed E-state index contributed by atoms with van der Waals surface area (Å²) in [6.07, 6.45) is 1.74. The molecule has 1 saturated carbocycles. The van der Waals surface area contributed by atoms with Crippen molar-refractivity contribution in [2.75, 3.05) is 13.1 Å². The van der Waals surface area contributed by atoms with E-state index in [-0.39, 0.29) is 24.8 Å². The Morgan fingerprint density at radius 1 is 1.15 bits per heavy atom. The van der Waals surface area contributed by atoms with Crippen LogP contribution >= 0.6 is 0 Å². The van der Waals surface area contributed by atoms with Crippen LogP contribution in [0, 0.1) is 18.6 Å². The molecule has 2 heterocycles. The zero-order chi connectivity index (χ0) is 18.4. The molecule has 0 spiro atoms. The second kappa shape index (κ2) is 6.23. The lowest BCUT2D eigenvalue weighted by Gasteiger charge is -2.39. The smallest absolute Gasteiger partial charge is 0.260 e. The van der Waals surface area contributed by atoms with Crippen LogP contribution in [0.1, 0.15) is 34.9 Å². The fraction of sp³-hybridized carbons (Fsp3) is 0.368. The molecule has 0 atom stereocenters. The van der Waals surface area contributed by atoms with E-state index in [0.29, 0.717) is 11.8 Å². The summed E-state index contributed by atoms with van der Waals surface area (Å²) in [5.74, 6) is -1.99. The standard InChI is InChI=1S/C19H18F2N2O3/c1-11-7-13(8-17(24)23(11)12-5-6-12)26-14-9-22(10-14)19(25)18-15(20)3-2-4-16(18)21/h2-4,7-8,12,14H,5-6,9-10H2,1H3. The molecule has 2 aliphatic rings. The minimum atomic E-state index is -0.876. The number of nitrogens with zero attached hydrogens (tertiary/aromatic N) is 2. The lowest BCUT2D eigenvalue weighted by Crippen LogP contribution is -2.56. The fourth-order valence-corrected chi connectivity index (χ4v) is 3.28. The molecule has 5 nitrogen and oxygen atoms in total. The van der Waals surface area contributed by atoms with E-state index < -0.39 is 23.1 Å². The summed E-state index contributed by atoms with van der Waals surface area (Å²) in [5.41, 5.74) is 0.202. The van der Waals surface area contributed by atoms with Gasteiger partial charge < -0.3 is 14.2 Å². The highest BCUT2D eigenvalue weighted by Gasteiger charge is 2.35. The molecule has 0 bridgehead atoms. The first-order valence-corrected chi connectivity index (χ1v) is 8.57. The molecule has 4 rings (SSSR count). The lowest BCUT2D eigenvalue weighted by molar-refractivity contribution is 0.0169. The van der Waals surface area contributed by atoms with Gasteiger partial charge in [-0.3, -0.25) is 9.59 Å². The number of hydrogen-bond acceptors (Lipinski definition) is 3. The van der Waals surface area contributed by atoms with Gasteiger partial charge in [-0.2, -0.15) is 0 Å². The number of benzene rings is 1. The third-order valence-electron chi connectivity index (χ3n) is 4.76. The molecule has 2 fully saturated rings. The van der Waals surface area contributed by atoms with E-state index >= 15 is 0 Å². The summed E-state index contributed by atoms with van der Waals surface area (Å²) in [4.78, 5) is 25.8. The Hall–Kier alpha value is -2.70. The first-order valence-electron chi connectivity index (χ1n) is 8.57. The van der Waals surface area contributed by atoms with Crippen molar-refractivity contribution >= 4 is 5.91 Å². The summed E-state index contributed by atoms with van der Waals surface area (Å²) in [6.45, 7) is 2.30. The molecular formula is C19H18F2N2O3. The maximum Gasteiger partial charge on any atom is 0.260 e. The van der Waals surface area contributed by atoms with Crippen molar-refractivity contribution in [3.8, 4) is 5.75 Å². The van der Waals surface area contributed by atoms with Gasteiger partial charge in [-0.1, -0.05) is 6.07 Å². The van der Waals surface area contributed by atoms with Crippen LogP contribution in [-0.4, -0.2) is 34.6 Å². The Morgan fingerprint density at radius 3 is 2.38 bits per heavy atom. The van der Waals surface area contributed by atoms with Gasteiger partial charge in [-0.15, -0.1) is 0 Å². The number of ether oxygens (including phenoxy) is 1. The topological polar surface area (TPSA) is 51.5 Å². The average molecular weight is 360 g/mol. The highest BCUT2D eigenvalue weighted by Crippen LogP contribution is 2.35. The van der Waals surface area contributed by atoms with E-state index in [2.05, 4.69) is 0 Å². The van der Waals surface area contributed by atoms with Crippen molar-refractivity contribution in [1.82, 2.24) is 9.47 Å². The van der Waals surface area contributed by atoms with Gasteiger partial charge in [-0.25, -0.2) is 8.78 Å². The summed E-state index contributed by atoms with van der Waals surface area (Å²) < 4.78 is 34.9. The number of carbonyl (C=O) groups is 1. The summed E-state index contributed by atoms with van der Waals surface area (Å²) in [7, 11) is 0.